The van der Waals surface area contributed by atoms with Crippen LogP contribution in [0.15, 0.2) is 72.6 Å². The lowest BCUT2D eigenvalue weighted by molar-refractivity contribution is -0.140. The van der Waals surface area contributed by atoms with Crippen LogP contribution in [-0.4, -0.2) is 46.9 Å². The summed E-state index contributed by atoms with van der Waals surface area (Å²) in [7, 11) is 1.53. The van der Waals surface area contributed by atoms with Crippen LogP contribution in [0.2, 0.25) is 0 Å². The van der Waals surface area contributed by atoms with Crippen molar-refractivity contribution in [3.8, 4) is 0 Å². The third-order valence-corrected chi connectivity index (χ3v) is 5.12. The number of aliphatic hydroxyl groups excluding tert-OH is 1. The smallest absolute Gasteiger partial charge is 0.295 e. The van der Waals surface area contributed by atoms with E-state index in [4.69, 9.17) is 4.74 Å². The molecule has 6 nitrogen and oxygen atoms in total. The summed E-state index contributed by atoms with van der Waals surface area (Å²) in [5.41, 5.74) is 1.24. The minimum absolute atomic E-state index is 0.0652. The van der Waals surface area contributed by atoms with Crippen molar-refractivity contribution in [3.05, 3.63) is 83.7 Å². The molecule has 146 valence electrons. The number of benzene rings is 2. The normalized spacial score (nSPS) is 18.5. The topological polar surface area (TPSA) is 79.7 Å². The number of hydrogen-bond acceptors (Lipinski definition) is 5. The zero-order valence-electron chi connectivity index (χ0n) is 15.9. The van der Waals surface area contributed by atoms with Gasteiger partial charge in [-0.3, -0.25) is 14.6 Å². The lowest BCUT2D eigenvalue weighted by Crippen LogP contribution is -2.32. The molecule has 0 radical (unpaired) electrons. The minimum Gasteiger partial charge on any atom is -0.507 e. The van der Waals surface area contributed by atoms with Gasteiger partial charge in [0, 0.05) is 31.6 Å². The molecule has 0 aliphatic carbocycles. The quantitative estimate of drug-likeness (QED) is 0.412. The molecule has 0 saturated carbocycles. The molecule has 1 saturated heterocycles. The van der Waals surface area contributed by atoms with Gasteiger partial charge in [0.15, 0.2) is 0 Å². The van der Waals surface area contributed by atoms with Crippen LogP contribution in [0.25, 0.3) is 16.5 Å². The summed E-state index contributed by atoms with van der Waals surface area (Å²) in [6, 6.07) is 15.9. The Bertz CT molecular complexity index is 1100. The predicted octanol–water partition coefficient (Wildman–Crippen LogP) is 3.30. The van der Waals surface area contributed by atoms with Gasteiger partial charge in [0.1, 0.15) is 5.76 Å². The van der Waals surface area contributed by atoms with E-state index in [1.165, 1.54) is 12.0 Å². The van der Waals surface area contributed by atoms with Gasteiger partial charge in [-0.05, 0) is 22.4 Å². The molecule has 2 heterocycles. The number of rotatable bonds is 5. The third kappa shape index (κ3) is 3.28. The standard InChI is InChI=1S/C23H20N2O4/c1-29-13-12-25-20(16-8-5-11-24-14-16)19(22(27)23(25)28)21(26)18-10-4-7-15-6-2-3-9-17(15)18/h2-11,14,20,26H,12-13H2,1H3/b21-19-. The summed E-state index contributed by atoms with van der Waals surface area (Å²) in [4.78, 5) is 31.3. The molecule has 2 aromatic carbocycles. The van der Waals surface area contributed by atoms with Crippen molar-refractivity contribution in [2.45, 2.75) is 6.04 Å². The number of nitrogens with zero attached hydrogens (tertiary/aromatic N) is 2. The molecule has 1 aliphatic heterocycles. The van der Waals surface area contributed by atoms with E-state index >= 15 is 0 Å². The summed E-state index contributed by atoms with van der Waals surface area (Å²) in [5.74, 6) is -1.55. The molecule has 1 N–H and O–H groups in total. The number of carbonyl (C=O) groups excluding carboxylic acids is 2. The van der Waals surface area contributed by atoms with Crippen molar-refractivity contribution < 1.29 is 19.4 Å². The lowest BCUT2D eigenvalue weighted by atomic mass is 9.94. The number of ether oxygens (including phenoxy) is 1. The van der Waals surface area contributed by atoms with Crippen molar-refractivity contribution in [3.63, 3.8) is 0 Å². The molecule has 1 amide bonds. The van der Waals surface area contributed by atoms with Gasteiger partial charge in [-0.2, -0.15) is 0 Å². The average Bonchev–Trinajstić information content (AvgIpc) is 3.02. The van der Waals surface area contributed by atoms with Crippen molar-refractivity contribution >= 4 is 28.2 Å². The average molecular weight is 388 g/mol. The Morgan fingerprint density at radius 1 is 1.10 bits per heavy atom. The maximum Gasteiger partial charge on any atom is 0.295 e. The summed E-state index contributed by atoms with van der Waals surface area (Å²) < 4.78 is 5.11. The molecule has 0 bridgehead atoms. The van der Waals surface area contributed by atoms with Crippen molar-refractivity contribution in [1.82, 2.24) is 9.88 Å². The molecular weight excluding hydrogens is 368 g/mol. The monoisotopic (exact) mass is 388 g/mol. The van der Waals surface area contributed by atoms with Gasteiger partial charge in [-0.25, -0.2) is 0 Å². The predicted molar refractivity (Wildman–Crippen MR) is 109 cm³/mol. The van der Waals surface area contributed by atoms with Gasteiger partial charge < -0.3 is 14.7 Å². The van der Waals surface area contributed by atoms with Gasteiger partial charge in [0.2, 0.25) is 0 Å². The van der Waals surface area contributed by atoms with Crippen molar-refractivity contribution in [2.75, 3.05) is 20.3 Å². The minimum atomic E-state index is -0.724. The number of methoxy groups -OCH3 is 1. The zero-order valence-corrected chi connectivity index (χ0v) is 15.9. The molecule has 1 fully saturated rings. The Hall–Kier alpha value is -3.51. The number of fused-ring (bicyclic) bond motifs is 1. The van der Waals surface area contributed by atoms with Crippen LogP contribution in [0.1, 0.15) is 17.2 Å². The Kier molecular flexibility index (Phi) is 5.10. The zero-order chi connectivity index (χ0) is 20.4. The van der Waals surface area contributed by atoms with E-state index in [1.54, 1.807) is 30.6 Å². The van der Waals surface area contributed by atoms with Crippen molar-refractivity contribution in [2.24, 2.45) is 0 Å². The highest BCUT2D eigenvalue weighted by Gasteiger charge is 2.46. The molecule has 1 aromatic heterocycles. The SMILES string of the molecule is COCCN1C(=O)C(=O)/C(=C(\O)c2cccc3ccccc23)C1c1cccnc1. The largest absolute Gasteiger partial charge is 0.507 e. The van der Waals surface area contributed by atoms with Gasteiger partial charge in [0.25, 0.3) is 11.7 Å². The van der Waals surface area contributed by atoms with E-state index < -0.39 is 17.7 Å². The number of hydrogen-bond donors (Lipinski definition) is 1. The van der Waals surface area contributed by atoms with Crippen molar-refractivity contribution in [1.29, 1.82) is 0 Å². The number of ketones is 1. The fourth-order valence-electron chi connectivity index (χ4n) is 3.76. The molecule has 1 unspecified atom stereocenters. The van der Waals surface area contributed by atoms with Crippen LogP contribution >= 0.6 is 0 Å². The summed E-state index contributed by atoms with van der Waals surface area (Å²) in [6.07, 6.45) is 3.22. The maximum absolute atomic E-state index is 12.9. The van der Waals surface area contributed by atoms with Crippen LogP contribution < -0.4 is 0 Å². The van der Waals surface area contributed by atoms with E-state index in [0.717, 1.165) is 10.8 Å². The molecule has 29 heavy (non-hydrogen) atoms. The first-order chi connectivity index (χ1) is 14.1. The highest BCUT2D eigenvalue weighted by molar-refractivity contribution is 6.46. The van der Waals surface area contributed by atoms with Gasteiger partial charge in [-0.15, -0.1) is 0 Å². The molecule has 6 heteroatoms. The number of aliphatic hydroxyl groups is 1. The molecule has 0 spiro atoms. The molecule has 4 rings (SSSR count). The van der Waals surface area contributed by atoms with Crippen LogP contribution in [0.3, 0.4) is 0 Å². The molecule has 1 atom stereocenters. The van der Waals surface area contributed by atoms with E-state index in [-0.39, 0.29) is 24.5 Å². The number of amides is 1. The van der Waals surface area contributed by atoms with Crippen LogP contribution in [0.4, 0.5) is 0 Å². The summed E-state index contributed by atoms with van der Waals surface area (Å²) in [6.45, 7) is 0.505. The molecule has 3 aromatic rings. The highest BCUT2D eigenvalue weighted by Crippen LogP contribution is 2.40. The Morgan fingerprint density at radius 3 is 2.66 bits per heavy atom. The number of pyridine rings is 1. The second kappa shape index (κ2) is 7.85. The summed E-state index contributed by atoms with van der Waals surface area (Å²) in [5, 5.41) is 12.9. The van der Waals surface area contributed by atoms with Crippen LogP contribution in [-0.2, 0) is 14.3 Å². The second-order valence-electron chi connectivity index (χ2n) is 6.80. The van der Waals surface area contributed by atoms with E-state index in [2.05, 4.69) is 4.98 Å². The van der Waals surface area contributed by atoms with Gasteiger partial charge >= 0.3 is 0 Å². The fourth-order valence-corrected chi connectivity index (χ4v) is 3.76. The lowest BCUT2D eigenvalue weighted by Gasteiger charge is -2.24. The number of carbonyl (C=O) groups is 2. The fraction of sp³-hybridized carbons (Fsp3) is 0.174. The number of likely N-dealkylation sites (tertiary alicyclic amines) is 1. The first-order valence-corrected chi connectivity index (χ1v) is 9.29. The second-order valence-corrected chi connectivity index (χ2v) is 6.80. The van der Waals surface area contributed by atoms with E-state index in [0.29, 0.717) is 11.1 Å². The maximum atomic E-state index is 12.9. The first-order valence-electron chi connectivity index (χ1n) is 9.29. The Morgan fingerprint density at radius 2 is 1.90 bits per heavy atom. The van der Waals surface area contributed by atoms with E-state index in [9.17, 15) is 14.7 Å². The number of aromatic nitrogens is 1. The van der Waals surface area contributed by atoms with Gasteiger partial charge in [-0.1, -0.05) is 48.5 Å². The van der Waals surface area contributed by atoms with Crippen LogP contribution in [0, 0.1) is 0 Å². The molecule has 1 aliphatic rings. The van der Waals surface area contributed by atoms with Crippen LogP contribution in [0.5, 0.6) is 0 Å². The molecular formula is C23H20N2O4. The Balaban J connectivity index is 1.93. The van der Waals surface area contributed by atoms with Gasteiger partial charge in [0.05, 0.1) is 18.2 Å². The highest BCUT2D eigenvalue weighted by atomic mass is 16.5. The first kappa shape index (κ1) is 18.8. The Labute approximate surface area is 168 Å². The third-order valence-electron chi connectivity index (χ3n) is 5.12. The number of Topliss-reactive ketones (excluding diaryl/α,β-unsaturated/α-hetero) is 1. The summed E-state index contributed by atoms with van der Waals surface area (Å²) >= 11 is 0. The van der Waals surface area contributed by atoms with E-state index in [1.807, 2.05) is 36.4 Å².